The van der Waals surface area contributed by atoms with Crippen molar-refractivity contribution in [2.24, 2.45) is 0 Å². The normalized spacial score (nSPS) is 13.5. The Labute approximate surface area is 107 Å². The molecule has 1 aromatic heterocycles. The minimum atomic E-state index is 0.152. The highest BCUT2D eigenvalue weighted by Crippen LogP contribution is 2.31. The van der Waals surface area contributed by atoms with Gasteiger partial charge in [0, 0.05) is 35.2 Å². The second kappa shape index (κ2) is 4.71. The van der Waals surface area contributed by atoms with Crippen molar-refractivity contribution < 1.29 is 5.11 Å². The van der Waals surface area contributed by atoms with E-state index in [-0.39, 0.29) is 12.5 Å². The van der Waals surface area contributed by atoms with Gasteiger partial charge in [-0.25, -0.2) is 0 Å². The molecular weight excluding hydrogens is 234 g/mol. The molecule has 1 aromatic carbocycles. The zero-order chi connectivity index (χ0) is 12.6. The molecule has 2 aromatic rings. The molecule has 1 atom stereocenters. The molecule has 0 aliphatic rings. The number of aromatic nitrogens is 1. The Kier molecular flexibility index (Phi) is 3.45. The fraction of sp³-hybridized carbons (Fsp3) is 0.429. The molecule has 0 spiro atoms. The molecule has 0 aliphatic heterocycles. The number of aliphatic hydroxyl groups is 1. The van der Waals surface area contributed by atoms with Crippen molar-refractivity contribution in [3.8, 4) is 0 Å². The van der Waals surface area contributed by atoms with Gasteiger partial charge in [0.15, 0.2) is 0 Å². The van der Waals surface area contributed by atoms with Crippen molar-refractivity contribution in [2.75, 3.05) is 6.61 Å². The second-order valence-corrected chi connectivity index (χ2v) is 5.27. The van der Waals surface area contributed by atoms with Crippen molar-refractivity contribution in [3.63, 3.8) is 0 Å². The summed E-state index contributed by atoms with van der Waals surface area (Å²) in [6.45, 7) is 6.50. The summed E-state index contributed by atoms with van der Waals surface area (Å²) < 4.78 is 2.21. The first-order valence-corrected chi connectivity index (χ1v) is 6.33. The van der Waals surface area contributed by atoms with E-state index in [0.29, 0.717) is 6.04 Å². The SMILES string of the molecule is CC(CO)c1cn(C(C)C)c2cc(Cl)ccc12. The second-order valence-electron chi connectivity index (χ2n) is 4.83. The van der Waals surface area contributed by atoms with Crippen LogP contribution in [-0.2, 0) is 0 Å². The quantitative estimate of drug-likeness (QED) is 0.877. The minimum Gasteiger partial charge on any atom is -0.396 e. The third kappa shape index (κ3) is 2.20. The summed E-state index contributed by atoms with van der Waals surface area (Å²) in [5.41, 5.74) is 2.33. The molecule has 0 bridgehead atoms. The van der Waals surface area contributed by atoms with Crippen LogP contribution in [0.1, 0.15) is 38.3 Å². The maximum absolute atomic E-state index is 9.31. The van der Waals surface area contributed by atoms with Gasteiger partial charge < -0.3 is 9.67 Å². The highest BCUT2D eigenvalue weighted by atomic mass is 35.5. The maximum Gasteiger partial charge on any atom is 0.0500 e. The van der Waals surface area contributed by atoms with E-state index in [0.717, 1.165) is 10.5 Å². The van der Waals surface area contributed by atoms with E-state index in [4.69, 9.17) is 11.6 Å². The van der Waals surface area contributed by atoms with Crippen molar-refractivity contribution in [2.45, 2.75) is 32.7 Å². The van der Waals surface area contributed by atoms with Crippen LogP contribution in [0.5, 0.6) is 0 Å². The van der Waals surface area contributed by atoms with Gasteiger partial charge in [-0.3, -0.25) is 0 Å². The summed E-state index contributed by atoms with van der Waals surface area (Å²) >= 11 is 6.06. The monoisotopic (exact) mass is 251 g/mol. The number of benzene rings is 1. The Bertz CT molecular complexity index is 530. The summed E-state index contributed by atoms with van der Waals surface area (Å²) in [5, 5.41) is 11.3. The van der Waals surface area contributed by atoms with Crippen LogP contribution < -0.4 is 0 Å². The van der Waals surface area contributed by atoms with E-state index in [1.807, 2.05) is 25.1 Å². The first-order chi connectivity index (χ1) is 8.04. The number of fused-ring (bicyclic) bond motifs is 1. The third-order valence-electron chi connectivity index (χ3n) is 3.19. The van der Waals surface area contributed by atoms with Gasteiger partial charge in [-0.15, -0.1) is 0 Å². The standard InChI is InChI=1S/C14H18ClNO/c1-9(2)16-7-13(10(3)8-17)12-5-4-11(15)6-14(12)16/h4-7,9-10,17H,8H2,1-3H3. The van der Waals surface area contributed by atoms with Crippen LogP contribution in [0, 0.1) is 0 Å². The van der Waals surface area contributed by atoms with Crippen molar-refractivity contribution >= 4 is 22.5 Å². The lowest BCUT2D eigenvalue weighted by molar-refractivity contribution is 0.273. The predicted octanol–water partition coefficient (Wildman–Crippen LogP) is 3.97. The van der Waals surface area contributed by atoms with E-state index in [1.54, 1.807) is 0 Å². The third-order valence-corrected chi connectivity index (χ3v) is 3.42. The first-order valence-electron chi connectivity index (χ1n) is 5.95. The molecule has 0 aliphatic carbocycles. The average molecular weight is 252 g/mol. The molecule has 0 saturated carbocycles. The van der Waals surface area contributed by atoms with Gasteiger partial charge in [0.2, 0.25) is 0 Å². The van der Waals surface area contributed by atoms with E-state index in [1.165, 1.54) is 10.9 Å². The van der Waals surface area contributed by atoms with E-state index >= 15 is 0 Å². The Morgan fingerprint density at radius 2 is 2.00 bits per heavy atom. The molecule has 0 saturated heterocycles. The van der Waals surface area contributed by atoms with Gasteiger partial charge in [0.05, 0.1) is 5.52 Å². The number of halogens is 1. The zero-order valence-electron chi connectivity index (χ0n) is 10.4. The van der Waals surface area contributed by atoms with Crippen LogP contribution in [0.4, 0.5) is 0 Å². The lowest BCUT2D eigenvalue weighted by Crippen LogP contribution is -2.00. The highest BCUT2D eigenvalue weighted by molar-refractivity contribution is 6.31. The number of hydrogen-bond acceptors (Lipinski definition) is 1. The summed E-state index contributed by atoms with van der Waals surface area (Å²) in [4.78, 5) is 0. The first kappa shape index (κ1) is 12.5. The summed E-state index contributed by atoms with van der Waals surface area (Å²) in [5.74, 6) is 0.152. The largest absolute Gasteiger partial charge is 0.396 e. The molecule has 17 heavy (non-hydrogen) atoms. The van der Waals surface area contributed by atoms with Gasteiger partial charge in [0.25, 0.3) is 0 Å². The maximum atomic E-state index is 9.31. The molecule has 0 amide bonds. The minimum absolute atomic E-state index is 0.152. The molecular formula is C14H18ClNO. The summed E-state index contributed by atoms with van der Waals surface area (Å²) in [7, 11) is 0. The van der Waals surface area contributed by atoms with Crippen LogP contribution in [0.2, 0.25) is 5.02 Å². The van der Waals surface area contributed by atoms with Gasteiger partial charge in [-0.1, -0.05) is 24.6 Å². The van der Waals surface area contributed by atoms with E-state index in [2.05, 4.69) is 24.6 Å². The molecule has 92 valence electrons. The fourth-order valence-electron chi connectivity index (χ4n) is 2.17. The van der Waals surface area contributed by atoms with Gasteiger partial charge >= 0.3 is 0 Å². The Hall–Kier alpha value is -0.990. The van der Waals surface area contributed by atoms with Crippen LogP contribution >= 0.6 is 11.6 Å². The van der Waals surface area contributed by atoms with E-state index < -0.39 is 0 Å². The molecule has 1 unspecified atom stereocenters. The molecule has 3 heteroatoms. The topological polar surface area (TPSA) is 25.2 Å². The van der Waals surface area contributed by atoms with E-state index in [9.17, 15) is 5.11 Å². The van der Waals surface area contributed by atoms with Crippen LogP contribution in [0.3, 0.4) is 0 Å². The highest BCUT2D eigenvalue weighted by Gasteiger charge is 2.15. The average Bonchev–Trinajstić information content (AvgIpc) is 2.66. The summed E-state index contributed by atoms with van der Waals surface area (Å²) in [6.07, 6.45) is 2.13. The lowest BCUT2D eigenvalue weighted by Gasteiger charge is -2.09. The molecule has 1 N–H and O–H groups in total. The smallest absolute Gasteiger partial charge is 0.0500 e. The Morgan fingerprint density at radius 3 is 2.59 bits per heavy atom. The number of nitrogens with zero attached hydrogens (tertiary/aromatic N) is 1. The summed E-state index contributed by atoms with van der Waals surface area (Å²) in [6, 6.07) is 6.32. The van der Waals surface area contributed by atoms with Crippen LogP contribution in [-0.4, -0.2) is 16.3 Å². The Morgan fingerprint density at radius 1 is 1.29 bits per heavy atom. The molecule has 1 heterocycles. The Balaban J connectivity index is 2.70. The number of aliphatic hydroxyl groups excluding tert-OH is 1. The molecule has 0 fully saturated rings. The fourth-order valence-corrected chi connectivity index (χ4v) is 2.34. The molecule has 0 radical (unpaired) electrons. The molecule has 2 nitrogen and oxygen atoms in total. The van der Waals surface area contributed by atoms with Crippen molar-refractivity contribution in [3.05, 3.63) is 35.0 Å². The van der Waals surface area contributed by atoms with Crippen molar-refractivity contribution in [1.29, 1.82) is 0 Å². The van der Waals surface area contributed by atoms with Crippen LogP contribution in [0.25, 0.3) is 10.9 Å². The van der Waals surface area contributed by atoms with Crippen molar-refractivity contribution in [1.82, 2.24) is 4.57 Å². The number of hydrogen-bond donors (Lipinski definition) is 1. The van der Waals surface area contributed by atoms with Gasteiger partial charge in [-0.05, 0) is 31.5 Å². The van der Waals surface area contributed by atoms with Gasteiger partial charge in [0.1, 0.15) is 0 Å². The zero-order valence-corrected chi connectivity index (χ0v) is 11.2. The predicted molar refractivity (Wildman–Crippen MR) is 72.8 cm³/mol. The molecule has 2 rings (SSSR count). The lowest BCUT2D eigenvalue weighted by atomic mass is 10.0. The van der Waals surface area contributed by atoms with Gasteiger partial charge in [-0.2, -0.15) is 0 Å². The number of rotatable bonds is 3. The van der Waals surface area contributed by atoms with Crippen LogP contribution in [0.15, 0.2) is 24.4 Å².